The lowest BCUT2D eigenvalue weighted by Gasteiger charge is -2.32. The Kier molecular flexibility index (Phi) is 7.44. The van der Waals surface area contributed by atoms with Crippen LogP contribution in [-0.4, -0.2) is 55.9 Å². The number of amides is 2. The van der Waals surface area contributed by atoms with Gasteiger partial charge in [-0.25, -0.2) is 13.2 Å². The highest BCUT2D eigenvalue weighted by Gasteiger charge is 2.29. The Bertz CT molecular complexity index is 999. The van der Waals surface area contributed by atoms with Crippen LogP contribution in [-0.2, 0) is 16.6 Å². The molecule has 0 aliphatic carbocycles. The molecule has 0 radical (unpaired) electrons. The van der Waals surface area contributed by atoms with Crippen LogP contribution in [0.5, 0.6) is 0 Å². The maximum Gasteiger partial charge on any atom is 0.319 e. The molecule has 0 bridgehead atoms. The summed E-state index contributed by atoms with van der Waals surface area (Å²) in [4.78, 5) is 15.2. The second-order valence-corrected chi connectivity index (χ2v) is 10.5. The topological polar surface area (TPSA) is 81.8 Å². The summed E-state index contributed by atoms with van der Waals surface area (Å²) in [7, 11) is -3.62. The van der Waals surface area contributed by atoms with Crippen molar-refractivity contribution in [1.29, 1.82) is 0 Å². The summed E-state index contributed by atoms with van der Waals surface area (Å²) in [5.74, 6) is 0. The highest BCUT2D eigenvalue weighted by molar-refractivity contribution is 7.89. The summed E-state index contributed by atoms with van der Waals surface area (Å²) in [5.41, 5.74) is 1.63. The Morgan fingerprint density at radius 2 is 1.53 bits per heavy atom. The van der Waals surface area contributed by atoms with Gasteiger partial charge < -0.3 is 10.6 Å². The van der Waals surface area contributed by atoms with E-state index in [1.807, 2.05) is 6.07 Å². The van der Waals surface area contributed by atoms with Gasteiger partial charge in [0.2, 0.25) is 10.0 Å². The highest BCUT2D eigenvalue weighted by Crippen LogP contribution is 2.27. The number of benzene rings is 2. The number of likely N-dealkylation sites (tertiary alicyclic amines) is 1. The van der Waals surface area contributed by atoms with Crippen LogP contribution in [0.25, 0.3) is 0 Å². The van der Waals surface area contributed by atoms with Crippen molar-refractivity contribution in [3.05, 3.63) is 60.2 Å². The molecule has 2 amide bonds. The molecule has 2 fully saturated rings. The summed E-state index contributed by atoms with van der Waals surface area (Å²) < 4.78 is 27.8. The third-order valence-electron chi connectivity index (χ3n) is 6.24. The lowest BCUT2D eigenvalue weighted by Crippen LogP contribution is -2.45. The molecule has 2 N–H and O–H groups in total. The fraction of sp³-hybridized carbons (Fsp3) is 0.458. The second-order valence-electron chi connectivity index (χ2n) is 8.60. The normalized spacial score (nSPS) is 18.9. The minimum Gasteiger partial charge on any atom is -0.335 e. The standard InChI is InChI=1S/C24H32N4O3S/c29-24(25-21-13-17-27(18-14-21)19-20-9-3-1-4-10-20)26-22-11-5-6-12-23(22)32(30,31)28-15-7-2-8-16-28/h1,3-6,9-12,21H,2,7-8,13-19H2,(H2,25,26,29). The van der Waals surface area contributed by atoms with E-state index in [0.717, 1.165) is 51.7 Å². The first kappa shape index (κ1) is 22.8. The molecule has 2 aliphatic heterocycles. The largest absolute Gasteiger partial charge is 0.335 e. The zero-order valence-electron chi connectivity index (χ0n) is 18.4. The summed E-state index contributed by atoms with van der Waals surface area (Å²) in [6, 6.07) is 16.8. The van der Waals surface area contributed by atoms with Gasteiger partial charge in [-0.2, -0.15) is 4.31 Å². The Morgan fingerprint density at radius 3 is 2.25 bits per heavy atom. The van der Waals surface area contributed by atoms with Crippen LogP contribution in [0.15, 0.2) is 59.5 Å². The number of sulfonamides is 1. The summed E-state index contributed by atoms with van der Waals surface area (Å²) in [6.45, 7) is 3.82. The number of nitrogens with zero attached hydrogens (tertiary/aromatic N) is 2. The minimum absolute atomic E-state index is 0.0767. The number of hydrogen-bond acceptors (Lipinski definition) is 4. The van der Waals surface area contributed by atoms with Crippen molar-refractivity contribution < 1.29 is 13.2 Å². The van der Waals surface area contributed by atoms with Crippen molar-refractivity contribution in [1.82, 2.24) is 14.5 Å². The van der Waals surface area contributed by atoms with E-state index in [9.17, 15) is 13.2 Å². The van der Waals surface area contributed by atoms with Gasteiger partial charge in [0.25, 0.3) is 0 Å². The lowest BCUT2D eigenvalue weighted by molar-refractivity contribution is 0.190. The zero-order valence-corrected chi connectivity index (χ0v) is 19.2. The quantitative estimate of drug-likeness (QED) is 0.695. The van der Waals surface area contributed by atoms with E-state index in [1.54, 1.807) is 24.3 Å². The number of nitrogens with one attached hydrogen (secondary N) is 2. The molecule has 2 aliphatic rings. The van der Waals surface area contributed by atoms with Gasteiger partial charge >= 0.3 is 6.03 Å². The van der Waals surface area contributed by atoms with Gasteiger partial charge in [0.05, 0.1) is 5.69 Å². The first-order chi connectivity index (χ1) is 15.5. The van der Waals surface area contributed by atoms with Crippen molar-refractivity contribution in [3.8, 4) is 0 Å². The average molecular weight is 457 g/mol. The van der Waals surface area contributed by atoms with Gasteiger partial charge in [0.1, 0.15) is 4.90 Å². The molecule has 8 heteroatoms. The molecule has 2 aromatic carbocycles. The Balaban J connectivity index is 1.32. The number of piperidine rings is 2. The van der Waals surface area contributed by atoms with Crippen LogP contribution >= 0.6 is 0 Å². The number of carbonyl (C=O) groups is 1. The van der Waals surface area contributed by atoms with Gasteiger partial charge in [0, 0.05) is 38.8 Å². The van der Waals surface area contributed by atoms with E-state index in [0.29, 0.717) is 18.8 Å². The van der Waals surface area contributed by atoms with E-state index in [2.05, 4.69) is 39.8 Å². The minimum atomic E-state index is -3.62. The fourth-order valence-corrected chi connectivity index (χ4v) is 6.12. The number of carbonyl (C=O) groups excluding carboxylic acids is 1. The maximum absolute atomic E-state index is 13.1. The van der Waals surface area contributed by atoms with Gasteiger partial charge in [-0.1, -0.05) is 48.9 Å². The van der Waals surface area contributed by atoms with Gasteiger partial charge in [-0.05, 0) is 43.4 Å². The van der Waals surface area contributed by atoms with Crippen molar-refractivity contribution in [2.75, 3.05) is 31.5 Å². The fourth-order valence-electron chi connectivity index (χ4n) is 4.46. The van der Waals surface area contributed by atoms with Crippen molar-refractivity contribution in [2.45, 2.75) is 49.6 Å². The van der Waals surface area contributed by atoms with Crippen LogP contribution in [0, 0.1) is 0 Å². The van der Waals surface area contributed by atoms with Crippen LogP contribution in [0.1, 0.15) is 37.7 Å². The number of para-hydroxylation sites is 1. The third kappa shape index (κ3) is 5.68. The van der Waals surface area contributed by atoms with Gasteiger partial charge in [-0.15, -0.1) is 0 Å². The number of urea groups is 1. The van der Waals surface area contributed by atoms with Gasteiger partial charge in [-0.3, -0.25) is 4.90 Å². The molecule has 7 nitrogen and oxygen atoms in total. The summed E-state index contributed by atoms with van der Waals surface area (Å²) >= 11 is 0. The van der Waals surface area contributed by atoms with Crippen molar-refractivity contribution >= 4 is 21.7 Å². The van der Waals surface area contributed by atoms with Crippen LogP contribution in [0.2, 0.25) is 0 Å². The molecule has 0 spiro atoms. The second kappa shape index (κ2) is 10.5. The smallest absolute Gasteiger partial charge is 0.319 e. The van der Waals surface area contributed by atoms with E-state index in [-0.39, 0.29) is 17.0 Å². The number of hydrogen-bond donors (Lipinski definition) is 2. The van der Waals surface area contributed by atoms with Crippen LogP contribution < -0.4 is 10.6 Å². The SMILES string of the molecule is O=C(Nc1ccccc1S(=O)(=O)N1CCCCC1)NC1CCN(Cc2ccccc2)CC1. The summed E-state index contributed by atoms with van der Waals surface area (Å²) in [6.07, 6.45) is 4.54. The van der Waals surface area contributed by atoms with E-state index >= 15 is 0 Å². The molecule has 2 saturated heterocycles. The monoisotopic (exact) mass is 456 g/mol. The summed E-state index contributed by atoms with van der Waals surface area (Å²) in [5, 5.41) is 5.81. The van der Waals surface area contributed by atoms with Crippen LogP contribution in [0.4, 0.5) is 10.5 Å². The molecule has 32 heavy (non-hydrogen) atoms. The molecule has 0 aromatic heterocycles. The van der Waals surface area contributed by atoms with Crippen molar-refractivity contribution in [2.24, 2.45) is 0 Å². The Hall–Kier alpha value is -2.42. The molecule has 0 atom stereocenters. The molecule has 4 rings (SSSR count). The number of rotatable bonds is 6. The lowest BCUT2D eigenvalue weighted by atomic mass is 10.0. The molecule has 0 saturated carbocycles. The third-order valence-corrected chi connectivity index (χ3v) is 8.20. The van der Waals surface area contributed by atoms with E-state index in [4.69, 9.17) is 0 Å². The van der Waals surface area contributed by atoms with Gasteiger partial charge in [0.15, 0.2) is 0 Å². The molecule has 172 valence electrons. The molecule has 2 heterocycles. The maximum atomic E-state index is 13.1. The first-order valence-electron chi connectivity index (χ1n) is 11.5. The van der Waals surface area contributed by atoms with Crippen molar-refractivity contribution in [3.63, 3.8) is 0 Å². The average Bonchev–Trinajstić information content (AvgIpc) is 2.82. The van der Waals surface area contributed by atoms with E-state index in [1.165, 1.54) is 9.87 Å². The molecule has 2 aromatic rings. The van der Waals surface area contributed by atoms with Crippen LogP contribution in [0.3, 0.4) is 0 Å². The molecule has 0 unspecified atom stereocenters. The Morgan fingerprint density at radius 1 is 0.875 bits per heavy atom. The number of anilines is 1. The highest BCUT2D eigenvalue weighted by atomic mass is 32.2. The zero-order chi connectivity index (χ0) is 22.4. The Labute approximate surface area is 190 Å². The first-order valence-corrected chi connectivity index (χ1v) is 12.9. The molecular weight excluding hydrogens is 424 g/mol. The predicted molar refractivity (Wildman–Crippen MR) is 126 cm³/mol. The predicted octanol–water partition coefficient (Wildman–Crippen LogP) is 3.65. The van der Waals surface area contributed by atoms with E-state index < -0.39 is 10.0 Å². The molecular formula is C24H32N4O3S.